The number of hydrogen-bond donors (Lipinski definition) is 3. The van der Waals surface area contributed by atoms with Crippen molar-refractivity contribution < 1.29 is 33.9 Å². The van der Waals surface area contributed by atoms with E-state index in [1.54, 1.807) is 35.5 Å². The summed E-state index contributed by atoms with van der Waals surface area (Å²) in [5, 5.41) is 17.7. The molecule has 0 saturated carbocycles. The third-order valence-corrected chi connectivity index (χ3v) is 7.31. The molecule has 2 atom stereocenters. The lowest BCUT2D eigenvalue weighted by molar-refractivity contribution is -0.155. The predicted molar refractivity (Wildman–Crippen MR) is 141 cm³/mol. The Morgan fingerprint density at radius 3 is 2.75 bits per heavy atom. The van der Waals surface area contributed by atoms with Crippen LogP contribution in [-0.4, -0.2) is 74.0 Å². The van der Waals surface area contributed by atoms with E-state index >= 15 is 0 Å². The Labute approximate surface area is 230 Å². The Bertz CT molecular complexity index is 1510. The molecular weight excluding hydrogens is 542 g/mol. The van der Waals surface area contributed by atoms with Gasteiger partial charge in [0.05, 0.1) is 17.9 Å². The minimum atomic E-state index is -1.32. The molecule has 2 aromatic rings. The third kappa shape index (κ3) is 4.93. The van der Waals surface area contributed by atoms with Gasteiger partial charge in [-0.05, 0) is 43.0 Å². The number of allylic oxidation sites excluding steroid dienone is 2. The number of aliphatic carboxylic acids is 1. The first-order chi connectivity index (χ1) is 19.2. The number of nitrogens with one attached hydrogen (secondary N) is 1. The van der Waals surface area contributed by atoms with Crippen molar-refractivity contribution in [1.82, 2.24) is 20.2 Å². The third-order valence-electron chi connectivity index (χ3n) is 6.64. The molecule has 0 bridgehead atoms. The number of carbonyl (C=O) groups excluding carboxylic acids is 4. The van der Waals surface area contributed by atoms with Gasteiger partial charge in [-0.15, -0.1) is 11.3 Å². The predicted octanol–water partition coefficient (Wildman–Crippen LogP) is 0.579. The molecule has 0 aromatic carbocycles. The summed E-state index contributed by atoms with van der Waals surface area (Å²) < 4.78 is 0. The number of thiazole rings is 1. The van der Waals surface area contributed by atoms with E-state index in [4.69, 9.17) is 5.73 Å². The molecule has 3 amide bonds. The first kappa shape index (κ1) is 26.7. The molecular formula is C25H23N7O7S. The fraction of sp³-hybridized carbons (Fsp3) is 0.280. The van der Waals surface area contributed by atoms with E-state index in [2.05, 4.69) is 25.3 Å². The number of fused-ring (bicyclic) bond motifs is 1. The van der Waals surface area contributed by atoms with Gasteiger partial charge in [0.15, 0.2) is 10.8 Å². The zero-order valence-corrected chi connectivity index (χ0v) is 21.9. The molecule has 3 aliphatic heterocycles. The van der Waals surface area contributed by atoms with Gasteiger partial charge in [0, 0.05) is 30.6 Å². The highest BCUT2D eigenvalue weighted by atomic mass is 32.1. The summed E-state index contributed by atoms with van der Waals surface area (Å²) >= 11 is 1.04. The van der Waals surface area contributed by atoms with Crippen LogP contribution in [0.1, 0.15) is 31.9 Å². The van der Waals surface area contributed by atoms with Crippen molar-refractivity contribution in [2.45, 2.75) is 38.3 Å². The molecule has 2 fully saturated rings. The van der Waals surface area contributed by atoms with Gasteiger partial charge < -0.3 is 25.9 Å². The van der Waals surface area contributed by atoms with Crippen LogP contribution in [-0.2, 0) is 28.8 Å². The second-order valence-corrected chi connectivity index (χ2v) is 10.0. The zero-order valence-electron chi connectivity index (χ0n) is 21.1. The second-order valence-electron chi connectivity index (χ2n) is 9.13. The minimum Gasteiger partial charge on any atom is -0.477 e. The number of oxime groups is 1. The molecule has 0 spiro atoms. The average Bonchev–Trinajstić information content (AvgIpc) is 3.52. The SMILES string of the molecule is CC(=O)ON=C(C(=O)N[C@@H]1C(=O)N2C(C(=O)O)=C(C=C3CCN(c4cccnc4)C3=O)CC[C@H]12)c1csc(N)n1. The molecule has 15 heteroatoms. The molecule has 3 aliphatic rings. The van der Waals surface area contributed by atoms with Gasteiger partial charge in [0.1, 0.15) is 17.4 Å². The number of β-lactam (4-membered cyclic amide) rings is 1. The number of amides is 3. The van der Waals surface area contributed by atoms with Crippen LogP contribution in [0, 0.1) is 0 Å². The van der Waals surface area contributed by atoms with Crippen LogP contribution in [0.3, 0.4) is 0 Å². The molecule has 14 nitrogen and oxygen atoms in total. The van der Waals surface area contributed by atoms with Crippen LogP contribution in [0.5, 0.6) is 0 Å². The number of nitrogens with zero attached hydrogens (tertiary/aromatic N) is 5. The van der Waals surface area contributed by atoms with E-state index in [9.17, 15) is 29.1 Å². The number of rotatable bonds is 7. The van der Waals surface area contributed by atoms with Crippen molar-refractivity contribution in [3.8, 4) is 0 Å². The molecule has 0 radical (unpaired) electrons. The van der Waals surface area contributed by atoms with Crippen molar-refractivity contribution in [3.05, 3.63) is 58.5 Å². The van der Waals surface area contributed by atoms with Crippen LogP contribution in [0.25, 0.3) is 0 Å². The van der Waals surface area contributed by atoms with E-state index in [0.717, 1.165) is 23.2 Å². The monoisotopic (exact) mass is 565 g/mol. The van der Waals surface area contributed by atoms with Crippen LogP contribution >= 0.6 is 11.3 Å². The molecule has 4 N–H and O–H groups in total. The highest BCUT2D eigenvalue weighted by molar-refractivity contribution is 7.13. The molecule has 5 heterocycles. The van der Waals surface area contributed by atoms with E-state index in [1.807, 2.05) is 0 Å². The first-order valence-corrected chi connectivity index (χ1v) is 13.0. The van der Waals surface area contributed by atoms with Gasteiger partial charge >= 0.3 is 11.9 Å². The van der Waals surface area contributed by atoms with Crippen molar-refractivity contribution in [3.63, 3.8) is 0 Å². The fourth-order valence-electron chi connectivity index (χ4n) is 4.87. The van der Waals surface area contributed by atoms with Gasteiger partial charge in [-0.1, -0.05) is 5.16 Å². The summed E-state index contributed by atoms with van der Waals surface area (Å²) in [6.07, 6.45) is 5.74. The molecule has 0 aliphatic carbocycles. The Morgan fingerprint density at radius 1 is 1.30 bits per heavy atom. The summed E-state index contributed by atoms with van der Waals surface area (Å²) in [6, 6.07) is 1.81. The number of anilines is 2. The fourth-order valence-corrected chi connectivity index (χ4v) is 5.42. The standard InChI is InChI=1S/C25H23N7O7S/c1-12(33)39-30-18(16-11-40-25(26)28-16)21(34)29-19-17-5-4-13(20(24(37)38)32(17)23(19)36)9-14-6-8-31(22(14)35)15-3-2-7-27-10-15/h2-3,7,9-11,17,19H,4-6,8H2,1H3,(H2,26,28)(H,29,34)(H,37,38)/t17-,19+/m1/s1. The molecule has 40 heavy (non-hydrogen) atoms. The van der Waals surface area contributed by atoms with Crippen molar-refractivity contribution in [2.24, 2.45) is 5.16 Å². The smallest absolute Gasteiger partial charge is 0.352 e. The first-order valence-electron chi connectivity index (χ1n) is 12.2. The number of carbonyl (C=O) groups is 5. The van der Waals surface area contributed by atoms with Crippen molar-refractivity contribution in [2.75, 3.05) is 17.2 Å². The second kappa shape index (κ2) is 10.7. The number of nitrogen functional groups attached to an aromatic ring is 1. The van der Waals surface area contributed by atoms with Crippen molar-refractivity contribution in [1.29, 1.82) is 0 Å². The average molecular weight is 566 g/mol. The molecule has 5 rings (SSSR count). The number of pyridine rings is 1. The van der Waals surface area contributed by atoms with Crippen LogP contribution in [0.4, 0.5) is 10.8 Å². The van der Waals surface area contributed by atoms with E-state index in [-0.39, 0.29) is 34.6 Å². The van der Waals surface area contributed by atoms with Crippen LogP contribution in [0.2, 0.25) is 0 Å². The van der Waals surface area contributed by atoms with E-state index < -0.39 is 35.8 Å². The largest absolute Gasteiger partial charge is 0.477 e. The lowest BCUT2D eigenvalue weighted by Gasteiger charge is -2.50. The lowest BCUT2D eigenvalue weighted by atomic mass is 9.82. The highest BCUT2D eigenvalue weighted by Gasteiger charge is 2.53. The maximum absolute atomic E-state index is 13.1. The van der Waals surface area contributed by atoms with Gasteiger partial charge in [0.2, 0.25) is 0 Å². The quantitative estimate of drug-likeness (QED) is 0.140. The summed E-state index contributed by atoms with van der Waals surface area (Å²) in [6.45, 7) is 1.53. The molecule has 2 saturated heterocycles. The van der Waals surface area contributed by atoms with Crippen LogP contribution < -0.4 is 16.0 Å². The lowest BCUT2D eigenvalue weighted by Crippen LogP contribution is -2.72. The van der Waals surface area contributed by atoms with E-state index in [0.29, 0.717) is 36.2 Å². The Kier molecular flexibility index (Phi) is 7.13. The summed E-state index contributed by atoms with van der Waals surface area (Å²) in [4.78, 5) is 78.0. The number of carboxylic acids is 1. The molecule has 206 valence electrons. The Morgan fingerprint density at radius 2 is 2.10 bits per heavy atom. The maximum Gasteiger partial charge on any atom is 0.352 e. The Hall–Kier alpha value is -4.92. The highest BCUT2D eigenvalue weighted by Crippen LogP contribution is 2.38. The molecule has 0 unspecified atom stereocenters. The maximum atomic E-state index is 13.1. The topological polar surface area (TPSA) is 197 Å². The number of hydrogen-bond acceptors (Lipinski definition) is 11. The number of carboxylic acid groups (broad SMARTS) is 1. The van der Waals surface area contributed by atoms with Gasteiger partial charge in [-0.2, -0.15) is 0 Å². The zero-order chi connectivity index (χ0) is 28.6. The summed E-state index contributed by atoms with van der Waals surface area (Å²) in [7, 11) is 0. The van der Waals surface area contributed by atoms with Crippen LogP contribution in [0.15, 0.2) is 58.0 Å². The number of nitrogens with two attached hydrogens (primary N) is 1. The number of aromatic nitrogens is 2. The van der Waals surface area contributed by atoms with Gasteiger partial charge in [-0.3, -0.25) is 24.3 Å². The van der Waals surface area contributed by atoms with E-state index in [1.165, 1.54) is 5.38 Å². The molecule has 2 aromatic heterocycles. The normalized spacial score (nSPS) is 21.8. The van der Waals surface area contributed by atoms with Gasteiger partial charge in [0.25, 0.3) is 17.7 Å². The minimum absolute atomic E-state index is 0.0510. The van der Waals surface area contributed by atoms with Gasteiger partial charge in [-0.25, -0.2) is 14.6 Å². The Balaban J connectivity index is 1.35. The van der Waals surface area contributed by atoms with Crippen molar-refractivity contribution >= 4 is 57.5 Å². The summed E-state index contributed by atoms with van der Waals surface area (Å²) in [5.74, 6) is -3.82. The summed E-state index contributed by atoms with van der Waals surface area (Å²) in [5.41, 5.74) is 6.53.